The van der Waals surface area contributed by atoms with E-state index >= 15 is 0 Å². The molecule has 4 heterocycles. The zero-order chi connectivity index (χ0) is 43.0. The Morgan fingerprint density at radius 3 is 2.00 bits per heavy atom. The summed E-state index contributed by atoms with van der Waals surface area (Å²) in [7, 11) is 0. The first-order valence-corrected chi connectivity index (χ1v) is 20.9. The number of hydrogen-bond acceptors (Lipinski definition) is 15. The second-order valence-corrected chi connectivity index (χ2v) is 14.9. The Balaban J connectivity index is 0.694. The summed E-state index contributed by atoms with van der Waals surface area (Å²) in [6.07, 6.45) is 2.16. The van der Waals surface area contributed by atoms with Gasteiger partial charge in [0, 0.05) is 25.2 Å². The van der Waals surface area contributed by atoms with Crippen LogP contribution >= 0.6 is 0 Å². The van der Waals surface area contributed by atoms with Crippen LogP contribution in [0.15, 0.2) is 36.4 Å². The lowest BCUT2D eigenvalue weighted by Gasteiger charge is -2.33. The van der Waals surface area contributed by atoms with Crippen molar-refractivity contribution in [3.05, 3.63) is 58.9 Å². The summed E-state index contributed by atoms with van der Waals surface area (Å²) in [4.78, 5) is 73.4. The summed E-state index contributed by atoms with van der Waals surface area (Å²) in [5, 5.41) is 5.34. The molecule has 3 aliphatic rings. The molecule has 61 heavy (non-hydrogen) atoms. The number of ether oxygens (including phenoxy) is 7. The van der Waals surface area contributed by atoms with Crippen molar-refractivity contribution in [1.82, 2.24) is 25.1 Å². The fraction of sp³-hybridized carbons (Fsp3) is 0.571. The molecule has 19 heteroatoms. The van der Waals surface area contributed by atoms with E-state index in [9.17, 15) is 24.0 Å². The Morgan fingerprint density at radius 1 is 0.803 bits per heavy atom. The molecule has 1 unspecified atom stereocenters. The number of imide groups is 2. The Morgan fingerprint density at radius 2 is 1.39 bits per heavy atom. The monoisotopic (exact) mass is 851 g/mol. The number of nitrogens with two attached hydrogens (primary N) is 1. The SMILES string of the molecule is C[C@]1(c2nc3c(C(N)=O)cccc3[nH]2)CCCN1CCOCCOCCOCCOCCOCCOCCOCCNc1cccc2c1C(=O)N(C1CCC(=O)NC1=O)C2=O. The molecule has 6 rings (SSSR count). The van der Waals surface area contributed by atoms with Crippen LogP contribution in [0.25, 0.3) is 11.0 Å². The lowest BCUT2D eigenvalue weighted by molar-refractivity contribution is -0.136. The Hall–Kier alpha value is -4.86. The van der Waals surface area contributed by atoms with Gasteiger partial charge in [0.1, 0.15) is 17.4 Å². The van der Waals surface area contributed by atoms with Gasteiger partial charge in [-0.05, 0) is 57.0 Å². The van der Waals surface area contributed by atoms with Crippen molar-refractivity contribution in [2.24, 2.45) is 5.73 Å². The number of fused-ring (bicyclic) bond motifs is 2. The third kappa shape index (κ3) is 12.0. The largest absolute Gasteiger partial charge is 0.382 e. The first-order chi connectivity index (χ1) is 29.7. The van der Waals surface area contributed by atoms with Crippen LogP contribution < -0.4 is 16.4 Å². The average molecular weight is 852 g/mol. The van der Waals surface area contributed by atoms with E-state index in [-0.39, 0.29) is 29.5 Å². The molecule has 0 saturated carbocycles. The number of carbonyl (C=O) groups is 5. The number of piperidine rings is 1. The molecule has 1 aromatic heterocycles. The highest BCUT2D eigenvalue weighted by molar-refractivity contribution is 6.25. The van der Waals surface area contributed by atoms with Gasteiger partial charge in [-0.25, -0.2) is 4.98 Å². The van der Waals surface area contributed by atoms with Gasteiger partial charge >= 0.3 is 0 Å². The zero-order valence-corrected chi connectivity index (χ0v) is 34.7. The van der Waals surface area contributed by atoms with E-state index in [0.717, 1.165) is 42.2 Å². The summed E-state index contributed by atoms with van der Waals surface area (Å²) >= 11 is 0. The number of aromatic amines is 1. The van der Waals surface area contributed by atoms with Crippen LogP contribution in [-0.4, -0.2) is 167 Å². The standard InChI is InChI=1S/C42H57N7O12/c1-42(41-45-32-8-3-6-30(37(43)51)36(32)47-41)11-4-13-48(42)14-16-56-18-20-58-22-24-60-26-28-61-27-25-59-23-21-57-19-17-55-15-12-44-31-7-2-5-29-35(31)40(54)49(39(29)53)33-9-10-34(50)46-38(33)52/h2-3,5-8,33,44H,4,9-28H2,1H3,(H2,43,51)(H,45,47)(H,46,50,52)/t33?,42-/m1/s1. The fourth-order valence-corrected chi connectivity index (χ4v) is 7.65. The van der Waals surface area contributed by atoms with Crippen LogP contribution in [0.3, 0.4) is 0 Å². The third-order valence-corrected chi connectivity index (χ3v) is 10.8. The first-order valence-electron chi connectivity index (χ1n) is 20.9. The average Bonchev–Trinajstić information content (AvgIpc) is 3.93. The van der Waals surface area contributed by atoms with E-state index in [0.29, 0.717) is 116 Å². The van der Waals surface area contributed by atoms with Crippen molar-refractivity contribution in [2.75, 3.05) is 117 Å². The van der Waals surface area contributed by atoms with Gasteiger partial charge in [-0.1, -0.05) is 12.1 Å². The number of hydrogen-bond donors (Lipinski definition) is 4. The number of carbonyl (C=O) groups excluding carboxylic acids is 5. The highest BCUT2D eigenvalue weighted by Crippen LogP contribution is 2.38. The van der Waals surface area contributed by atoms with E-state index in [1.807, 2.05) is 12.1 Å². The Kier molecular flexibility index (Phi) is 17.1. The van der Waals surface area contributed by atoms with Crippen molar-refractivity contribution in [2.45, 2.75) is 44.2 Å². The predicted octanol–water partition coefficient (Wildman–Crippen LogP) is 1.60. The van der Waals surface area contributed by atoms with E-state index in [2.05, 4.69) is 27.4 Å². The number of rotatable bonds is 28. The number of primary amides is 1. The molecule has 2 fully saturated rings. The normalized spacial score (nSPS) is 19.3. The Labute approximate surface area is 354 Å². The van der Waals surface area contributed by atoms with Gasteiger partial charge in [0.05, 0.1) is 120 Å². The van der Waals surface area contributed by atoms with Gasteiger partial charge in [0.15, 0.2) is 0 Å². The maximum Gasteiger partial charge on any atom is 0.264 e. The van der Waals surface area contributed by atoms with Gasteiger partial charge < -0.3 is 49.2 Å². The molecule has 5 amide bonds. The quantitative estimate of drug-likeness (QED) is 0.0600. The molecule has 5 N–H and O–H groups in total. The molecule has 3 aliphatic heterocycles. The van der Waals surface area contributed by atoms with E-state index in [4.69, 9.17) is 43.9 Å². The molecular weight excluding hydrogens is 794 g/mol. The second kappa shape index (κ2) is 22.8. The minimum absolute atomic E-state index is 0.0625. The topological polar surface area (TPSA) is 235 Å². The number of aromatic nitrogens is 2. The molecule has 0 aliphatic carbocycles. The van der Waals surface area contributed by atoms with Crippen molar-refractivity contribution in [1.29, 1.82) is 0 Å². The molecule has 2 aromatic carbocycles. The van der Waals surface area contributed by atoms with Gasteiger partial charge in [0.2, 0.25) is 11.8 Å². The maximum atomic E-state index is 13.2. The van der Waals surface area contributed by atoms with Gasteiger partial charge in [0.25, 0.3) is 17.7 Å². The minimum atomic E-state index is -1.01. The molecule has 3 aromatic rings. The molecule has 0 radical (unpaired) electrons. The highest BCUT2D eigenvalue weighted by Gasteiger charge is 2.45. The lowest BCUT2D eigenvalue weighted by atomic mass is 9.98. The van der Waals surface area contributed by atoms with E-state index < -0.39 is 35.6 Å². The number of para-hydroxylation sites is 1. The number of likely N-dealkylation sites (tertiary alicyclic amines) is 1. The number of nitrogens with zero attached hydrogens (tertiary/aromatic N) is 3. The number of anilines is 1. The molecule has 332 valence electrons. The highest BCUT2D eigenvalue weighted by atomic mass is 16.6. The summed E-state index contributed by atoms with van der Waals surface area (Å²) in [6.45, 7) is 10.4. The van der Waals surface area contributed by atoms with Crippen molar-refractivity contribution >= 4 is 46.3 Å². The zero-order valence-electron chi connectivity index (χ0n) is 34.7. The third-order valence-electron chi connectivity index (χ3n) is 10.8. The maximum absolute atomic E-state index is 13.2. The van der Waals surface area contributed by atoms with Crippen LogP contribution in [0.4, 0.5) is 5.69 Å². The van der Waals surface area contributed by atoms with Crippen LogP contribution in [0.1, 0.15) is 69.5 Å². The van der Waals surface area contributed by atoms with Crippen molar-refractivity contribution < 1.29 is 57.1 Å². The number of benzene rings is 2. The van der Waals surface area contributed by atoms with Gasteiger partial charge in [-0.2, -0.15) is 0 Å². The van der Waals surface area contributed by atoms with Crippen LogP contribution in [0.2, 0.25) is 0 Å². The fourth-order valence-electron chi connectivity index (χ4n) is 7.65. The van der Waals surface area contributed by atoms with E-state index in [1.54, 1.807) is 24.3 Å². The van der Waals surface area contributed by atoms with Crippen molar-refractivity contribution in [3.8, 4) is 0 Å². The predicted molar refractivity (Wildman–Crippen MR) is 220 cm³/mol. The summed E-state index contributed by atoms with van der Waals surface area (Å²) in [5.74, 6) is -1.83. The summed E-state index contributed by atoms with van der Waals surface area (Å²) < 4.78 is 39.3. The number of nitrogens with one attached hydrogen (secondary N) is 3. The van der Waals surface area contributed by atoms with Crippen LogP contribution in [-0.2, 0) is 48.3 Å². The number of imidazole rings is 1. The molecule has 0 bridgehead atoms. The van der Waals surface area contributed by atoms with Gasteiger partial charge in [-0.15, -0.1) is 0 Å². The molecular formula is C42H57N7O12. The minimum Gasteiger partial charge on any atom is -0.382 e. The van der Waals surface area contributed by atoms with E-state index in [1.165, 1.54) is 0 Å². The number of H-pyrrole nitrogens is 1. The van der Waals surface area contributed by atoms with Crippen LogP contribution in [0, 0.1) is 0 Å². The van der Waals surface area contributed by atoms with Crippen LogP contribution in [0.5, 0.6) is 0 Å². The second-order valence-electron chi connectivity index (χ2n) is 14.9. The molecule has 2 atom stereocenters. The smallest absolute Gasteiger partial charge is 0.264 e. The summed E-state index contributed by atoms with van der Waals surface area (Å²) in [5.41, 5.74) is 8.01. The van der Waals surface area contributed by atoms with Crippen molar-refractivity contribution in [3.63, 3.8) is 0 Å². The Bertz CT molecular complexity index is 1980. The molecule has 19 nitrogen and oxygen atoms in total. The first kappa shape index (κ1) is 45.7. The molecule has 2 saturated heterocycles. The molecule has 0 spiro atoms. The number of amides is 5. The lowest BCUT2D eigenvalue weighted by Crippen LogP contribution is -2.54. The van der Waals surface area contributed by atoms with Gasteiger partial charge in [-0.3, -0.25) is 39.1 Å². The summed E-state index contributed by atoms with van der Waals surface area (Å²) in [6, 6.07) is 9.32.